The first-order valence-corrected chi connectivity index (χ1v) is 9.94. The molecule has 0 saturated carbocycles. The maximum Gasteiger partial charge on any atom is 0.223 e. The summed E-state index contributed by atoms with van der Waals surface area (Å²) in [6.45, 7) is 3.96. The summed E-state index contributed by atoms with van der Waals surface area (Å²) in [4.78, 5) is 15.1. The lowest BCUT2D eigenvalue weighted by atomic mass is 9.89. The Hall–Kier alpha value is -2.11. The number of hydrogen-bond acceptors (Lipinski definition) is 4. The average Bonchev–Trinajstić information content (AvgIpc) is 3.24. The first-order valence-electron chi connectivity index (χ1n) is 9.94. The molecule has 4 rings (SSSR count). The van der Waals surface area contributed by atoms with Gasteiger partial charge in [0, 0.05) is 25.4 Å². The molecular weight excluding hydrogens is 340 g/mol. The number of carbonyl (C=O) groups excluding carboxylic acids is 1. The third-order valence-corrected chi connectivity index (χ3v) is 5.81. The Balaban J connectivity index is 1.45. The Kier molecular flexibility index (Phi) is 5.60. The summed E-state index contributed by atoms with van der Waals surface area (Å²) in [5.74, 6) is 1.15. The van der Waals surface area contributed by atoms with Crippen molar-refractivity contribution < 1.29 is 13.9 Å². The minimum Gasteiger partial charge on any atom is -0.469 e. The Morgan fingerprint density at radius 3 is 2.70 bits per heavy atom. The standard InChI is InChI=1S/C22H28N2O3/c25-21(24-12-14-27-22(17-24)8-10-23-11-9-22)16-19(20-7-4-13-26-20)15-18-5-2-1-3-6-18/h1-7,13,19,23H,8-12,14-17H2. The molecule has 5 heteroatoms. The van der Waals surface area contributed by atoms with Gasteiger partial charge in [0.2, 0.25) is 5.91 Å². The van der Waals surface area contributed by atoms with Crippen LogP contribution in [0.2, 0.25) is 0 Å². The SMILES string of the molecule is O=C(CC(Cc1ccccc1)c1ccco1)N1CCOC2(CCNCC2)C1. The zero-order valence-corrected chi connectivity index (χ0v) is 15.7. The molecule has 0 aliphatic carbocycles. The molecule has 27 heavy (non-hydrogen) atoms. The highest BCUT2D eigenvalue weighted by atomic mass is 16.5. The van der Waals surface area contributed by atoms with Crippen molar-refractivity contribution in [3.63, 3.8) is 0 Å². The van der Waals surface area contributed by atoms with E-state index in [2.05, 4.69) is 17.4 Å². The van der Waals surface area contributed by atoms with Crippen molar-refractivity contribution in [3.8, 4) is 0 Å². The molecule has 1 aromatic carbocycles. The molecule has 2 aliphatic rings. The third-order valence-electron chi connectivity index (χ3n) is 5.81. The van der Waals surface area contributed by atoms with Crippen LogP contribution >= 0.6 is 0 Å². The van der Waals surface area contributed by atoms with Crippen LogP contribution in [0.25, 0.3) is 0 Å². The van der Waals surface area contributed by atoms with Crippen molar-refractivity contribution in [3.05, 3.63) is 60.1 Å². The Morgan fingerprint density at radius 2 is 1.96 bits per heavy atom. The van der Waals surface area contributed by atoms with Gasteiger partial charge in [-0.05, 0) is 50.0 Å². The summed E-state index contributed by atoms with van der Waals surface area (Å²) in [6, 6.07) is 14.2. The quantitative estimate of drug-likeness (QED) is 0.882. The van der Waals surface area contributed by atoms with Crippen molar-refractivity contribution in [1.82, 2.24) is 10.2 Å². The molecule has 1 spiro atoms. The summed E-state index contributed by atoms with van der Waals surface area (Å²) in [5.41, 5.74) is 1.07. The van der Waals surface area contributed by atoms with Gasteiger partial charge in [-0.2, -0.15) is 0 Å². The van der Waals surface area contributed by atoms with Crippen molar-refractivity contribution in [2.24, 2.45) is 0 Å². The van der Waals surface area contributed by atoms with E-state index in [4.69, 9.17) is 9.15 Å². The van der Waals surface area contributed by atoms with Gasteiger partial charge in [-0.15, -0.1) is 0 Å². The highest BCUT2D eigenvalue weighted by molar-refractivity contribution is 5.77. The second-order valence-corrected chi connectivity index (χ2v) is 7.70. The summed E-state index contributed by atoms with van der Waals surface area (Å²) in [5, 5.41) is 3.38. The van der Waals surface area contributed by atoms with Gasteiger partial charge in [0.1, 0.15) is 5.76 Å². The Labute approximate surface area is 160 Å². The molecule has 2 aliphatic heterocycles. The second kappa shape index (κ2) is 8.28. The summed E-state index contributed by atoms with van der Waals surface area (Å²) in [7, 11) is 0. The van der Waals surface area contributed by atoms with Crippen LogP contribution in [0.4, 0.5) is 0 Å². The van der Waals surface area contributed by atoms with Crippen LogP contribution in [0.5, 0.6) is 0 Å². The van der Waals surface area contributed by atoms with E-state index in [0.717, 1.165) is 38.1 Å². The van der Waals surface area contributed by atoms with Gasteiger partial charge in [-0.25, -0.2) is 0 Å². The van der Waals surface area contributed by atoms with Gasteiger partial charge in [-0.1, -0.05) is 30.3 Å². The highest BCUT2D eigenvalue weighted by Gasteiger charge is 2.39. The molecule has 1 atom stereocenters. The van der Waals surface area contributed by atoms with Gasteiger partial charge >= 0.3 is 0 Å². The molecule has 5 nitrogen and oxygen atoms in total. The van der Waals surface area contributed by atoms with E-state index in [9.17, 15) is 4.79 Å². The zero-order chi connectivity index (χ0) is 18.5. The number of nitrogens with zero attached hydrogens (tertiary/aromatic N) is 1. The number of piperidine rings is 1. The monoisotopic (exact) mass is 368 g/mol. The second-order valence-electron chi connectivity index (χ2n) is 7.70. The molecule has 0 bridgehead atoms. The number of nitrogens with one attached hydrogen (secondary N) is 1. The van der Waals surface area contributed by atoms with Crippen LogP contribution in [-0.2, 0) is 16.0 Å². The van der Waals surface area contributed by atoms with E-state index < -0.39 is 0 Å². The van der Waals surface area contributed by atoms with Crippen LogP contribution in [0.3, 0.4) is 0 Å². The maximum absolute atomic E-state index is 13.1. The fourth-order valence-electron chi connectivity index (χ4n) is 4.28. The van der Waals surface area contributed by atoms with Gasteiger partial charge in [0.25, 0.3) is 0 Å². The number of morpholine rings is 1. The van der Waals surface area contributed by atoms with Gasteiger partial charge < -0.3 is 19.4 Å². The molecule has 0 radical (unpaired) electrons. The summed E-state index contributed by atoms with van der Waals surface area (Å²) in [6.07, 6.45) is 4.91. The molecule has 1 N–H and O–H groups in total. The number of amides is 1. The lowest BCUT2D eigenvalue weighted by molar-refractivity contribution is -0.155. The Bertz CT molecular complexity index is 718. The number of carbonyl (C=O) groups is 1. The average molecular weight is 368 g/mol. The maximum atomic E-state index is 13.1. The van der Waals surface area contributed by atoms with Gasteiger partial charge in [0.05, 0.1) is 18.5 Å². The van der Waals surface area contributed by atoms with Crippen LogP contribution in [0.15, 0.2) is 53.1 Å². The minimum atomic E-state index is -0.154. The van der Waals surface area contributed by atoms with E-state index in [1.54, 1.807) is 6.26 Å². The molecule has 2 fully saturated rings. The first-order chi connectivity index (χ1) is 13.2. The third kappa shape index (κ3) is 4.42. The predicted octanol–water partition coefficient (Wildman–Crippen LogP) is 2.98. The van der Waals surface area contributed by atoms with Crippen molar-refractivity contribution in [2.45, 2.75) is 37.2 Å². The number of rotatable bonds is 5. The van der Waals surface area contributed by atoms with Crippen molar-refractivity contribution >= 4 is 5.91 Å². The molecule has 144 valence electrons. The molecular formula is C22H28N2O3. The van der Waals surface area contributed by atoms with E-state index in [-0.39, 0.29) is 17.4 Å². The van der Waals surface area contributed by atoms with E-state index >= 15 is 0 Å². The van der Waals surface area contributed by atoms with E-state index in [0.29, 0.717) is 26.1 Å². The van der Waals surface area contributed by atoms with E-state index in [1.165, 1.54) is 5.56 Å². The summed E-state index contributed by atoms with van der Waals surface area (Å²) < 4.78 is 11.8. The first kappa shape index (κ1) is 18.3. The zero-order valence-electron chi connectivity index (χ0n) is 15.7. The minimum absolute atomic E-state index is 0.0571. The van der Waals surface area contributed by atoms with Gasteiger partial charge in [-0.3, -0.25) is 4.79 Å². The largest absolute Gasteiger partial charge is 0.469 e. The highest BCUT2D eigenvalue weighted by Crippen LogP contribution is 2.30. The predicted molar refractivity (Wildman–Crippen MR) is 104 cm³/mol. The Morgan fingerprint density at radius 1 is 1.15 bits per heavy atom. The van der Waals surface area contributed by atoms with Crippen molar-refractivity contribution in [1.29, 1.82) is 0 Å². The molecule has 2 aromatic rings. The lowest BCUT2D eigenvalue weighted by Gasteiger charge is -2.45. The number of hydrogen-bond donors (Lipinski definition) is 1. The van der Waals surface area contributed by atoms with Crippen LogP contribution in [0.1, 0.15) is 36.5 Å². The van der Waals surface area contributed by atoms with E-state index in [1.807, 2.05) is 35.2 Å². The number of benzene rings is 1. The fourth-order valence-corrected chi connectivity index (χ4v) is 4.28. The molecule has 1 aromatic heterocycles. The van der Waals surface area contributed by atoms with Crippen LogP contribution in [-0.4, -0.2) is 49.2 Å². The van der Waals surface area contributed by atoms with Crippen LogP contribution < -0.4 is 5.32 Å². The molecule has 2 saturated heterocycles. The van der Waals surface area contributed by atoms with Crippen molar-refractivity contribution in [2.75, 3.05) is 32.8 Å². The summed E-state index contributed by atoms with van der Waals surface area (Å²) >= 11 is 0. The smallest absolute Gasteiger partial charge is 0.223 e. The number of ether oxygens (including phenoxy) is 1. The molecule has 1 amide bonds. The lowest BCUT2D eigenvalue weighted by Crippen LogP contribution is -2.57. The topological polar surface area (TPSA) is 54.7 Å². The normalized spacial score (nSPS) is 20.5. The fraction of sp³-hybridized carbons (Fsp3) is 0.500. The van der Waals surface area contributed by atoms with Crippen LogP contribution in [0, 0.1) is 0 Å². The molecule has 3 heterocycles. The van der Waals surface area contributed by atoms with Gasteiger partial charge in [0.15, 0.2) is 0 Å². The number of furan rings is 1. The molecule has 1 unspecified atom stereocenters.